The van der Waals surface area contributed by atoms with E-state index < -0.39 is 0 Å². The molecule has 1 aliphatic heterocycles. The van der Waals surface area contributed by atoms with Crippen molar-refractivity contribution in [2.75, 3.05) is 18.5 Å². The second kappa shape index (κ2) is 4.53. The number of ether oxygens (including phenoxy) is 1. The van der Waals surface area contributed by atoms with Crippen LogP contribution in [0.25, 0.3) is 0 Å². The highest BCUT2D eigenvalue weighted by molar-refractivity contribution is 5.51. The van der Waals surface area contributed by atoms with Gasteiger partial charge in [-0.05, 0) is 31.4 Å². The Hall–Kier alpha value is -1.22. The van der Waals surface area contributed by atoms with Crippen molar-refractivity contribution in [3.63, 3.8) is 0 Å². The van der Waals surface area contributed by atoms with E-state index in [2.05, 4.69) is 5.32 Å². The Kier molecular flexibility index (Phi) is 3.11. The van der Waals surface area contributed by atoms with Crippen molar-refractivity contribution in [2.24, 2.45) is 0 Å². The number of aromatic hydroxyl groups is 1. The van der Waals surface area contributed by atoms with E-state index in [0.717, 1.165) is 37.3 Å². The Balaban J connectivity index is 2.00. The van der Waals surface area contributed by atoms with Gasteiger partial charge in [0.1, 0.15) is 5.75 Å². The lowest BCUT2D eigenvalue weighted by Gasteiger charge is -2.24. The van der Waals surface area contributed by atoms with Crippen LogP contribution in [0.2, 0.25) is 0 Å². The molecule has 0 amide bonds. The maximum atomic E-state index is 9.56. The molecule has 0 bridgehead atoms. The summed E-state index contributed by atoms with van der Waals surface area (Å²) in [5.41, 5.74) is 1.87. The fraction of sp³-hybridized carbons (Fsp3) is 0.500. The zero-order valence-electron chi connectivity index (χ0n) is 8.99. The van der Waals surface area contributed by atoms with Gasteiger partial charge in [0.15, 0.2) is 0 Å². The van der Waals surface area contributed by atoms with Gasteiger partial charge in [-0.3, -0.25) is 0 Å². The highest BCUT2D eigenvalue weighted by Gasteiger charge is 2.13. The Morgan fingerprint density at radius 2 is 2.33 bits per heavy atom. The van der Waals surface area contributed by atoms with E-state index >= 15 is 0 Å². The maximum Gasteiger partial charge on any atom is 0.120 e. The van der Waals surface area contributed by atoms with Gasteiger partial charge in [-0.25, -0.2) is 0 Å². The van der Waals surface area contributed by atoms with Gasteiger partial charge >= 0.3 is 0 Å². The summed E-state index contributed by atoms with van der Waals surface area (Å²) in [6.45, 7) is 3.52. The standard InChI is InChI=1S/C12H17NO2/c1-9-4-5-10(7-12(9)14)13-11-3-2-6-15-8-11/h4-5,7,11,13-14H,2-3,6,8H2,1H3. The van der Waals surface area contributed by atoms with Crippen LogP contribution in [-0.4, -0.2) is 24.4 Å². The largest absolute Gasteiger partial charge is 0.508 e. The van der Waals surface area contributed by atoms with Gasteiger partial charge in [-0.1, -0.05) is 6.07 Å². The third kappa shape index (κ3) is 2.63. The van der Waals surface area contributed by atoms with Gasteiger partial charge in [0.25, 0.3) is 0 Å². The predicted octanol–water partition coefficient (Wildman–Crippen LogP) is 2.29. The third-order valence-corrected chi connectivity index (χ3v) is 2.74. The molecule has 0 saturated carbocycles. The van der Waals surface area contributed by atoms with E-state index in [4.69, 9.17) is 4.74 Å². The maximum absolute atomic E-state index is 9.56. The van der Waals surface area contributed by atoms with Crippen LogP contribution >= 0.6 is 0 Å². The van der Waals surface area contributed by atoms with Crippen LogP contribution in [0.1, 0.15) is 18.4 Å². The minimum absolute atomic E-state index is 0.344. The molecule has 0 spiro atoms. The lowest BCUT2D eigenvalue weighted by atomic mass is 10.1. The number of phenols is 1. The van der Waals surface area contributed by atoms with Crippen LogP contribution in [0.4, 0.5) is 5.69 Å². The van der Waals surface area contributed by atoms with E-state index in [-0.39, 0.29) is 0 Å². The first kappa shape index (κ1) is 10.3. The van der Waals surface area contributed by atoms with Crippen molar-refractivity contribution >= 4 is 5.69 Å². The number of hydrogen-bond acceptors (Lipinski definition) is 3. The van der Waals surface area contributed by atoms with Crippen molar-refractivity contribution in [1.29, 1.82) is 0 Å². The van der Waals surface area contributed by atoms with Crippen LogP contribution in [-0.2, 0) is 4.74 Å². The summed E-state index contributed by atoms with van der Waals surface area (Å²) in [5, 5.41) is 12.9. The molecule has 1 fully saturated rings. The van der Waals surface area contributed by atoms with Crippen LogP contribution in [0, 0.1) is 6.92 Å². The van der Waals surface area contributed by atoms with Gasteiger partial charge in [0.05, 0.1) is 6.61 Å². The molecular weight excluding hydrogens is 190 g/mol. The normalized spacial score (nSPS) is 21.3. The van der Waals surface area contributed by atoms with Crippen molar-refractivity contribution in [3.8, 4) is 5.75 Å². The molecule has 1 aliphatic rings. The molecular formula is C12H17NO2. The first-order chi connectivity index (χ1) is 7.25. The van der Waals surface area contributed by atoms with Crippen LogP contribution in [0.5, 0.6) is 5.75 Å². The zero-order valence-corrected chi connectivity index (χ0v) is 8.99. The minimum Gasteiger partial charge on any atom is -0.508 e. The molecule has 2 N–H and O–H groups in total. The number of hydrogen-bond donors (Lipinski definition) is 2. The monoisotopic (exact) mass is 207 g/mol. The first-order valence-corrected chi connectivity index (χ1v) is 5.39. The summed E-state index contributed by atoms with van der Waals surface area (Å²) in [6, 6.07) is 6.05. The number of benzene rings is 1. The highest BCUT2D eigenvalue weighted by atomic mass is 16.5. The quantitative estimate of drug-likeness (QED) is 0.781. The van der Waals surface area contributed by atoms with Crippen molar-refractivity contribution in [2.45, 2.75) is 25.8 Å². The molecule has 0 aliphatic carbocycles. The lowest BCUT2D eigenvalue weighted by Crippen LogP contribution is -2.29. The molecule has 1 unspecified atom stereocenters. The van der Waals surface area contributed by atoms with Crippen LogP contribution in [0.15, 0.2) is 18.2 Å². The van der Waals surface area contributed by atoms with Gasteiger partial charge in [-0.2, -0.15) is 0 Å². The molecule has 3 heteroatoms. The lowest BCUT2D eigenvalue weighted by molar-refractivity contribution is 0.0876. The zero-order chi connectivity index (χ0) is 10.7. The highest BCUT2D eigenvalue weighted by Crippen LogP contribution is 2.22. The molecule has 1 saturated heterocycles. The smallest absolute Gasteiger partial charge is 0.120 e. The molecule has 3 nitrogen and oxygen atoms in total. The molecule has 1 aromatic carbocycles. The number of rotatable bonds is 2. The first-order valence-electron chi connectivity index (χ1n) is 5.39. The second-order valence-corrected chi connectivity index (χ2v) is 4.06. The van der Waals surface area contributed by atoms with Gasteiger partial charge < -0.3 is 15.2 Å². The van der Waals surface area contributed by atoms with Crippen LogP contribution in [0.3, 0.4) is 0 Å². The van der Waals surface area contributed by atoms with E-state index in [1.807, 2.05) is 19.1 Å². The Morgan fingerprint density at radius 1 is 1.47 bits per heavy atom. The van der Waals surface area contributed by atoms with E-state index in [0.29, 0.717) is 11.8 Å². The Labute approximate surface area is 90.1 Å². The number of nitrogens with one attached hydrogen (secondary N) is 1. The van der Waals surface area contributed by atoms with E-state index in [9.17, 15) is 5.11 Å². The van der Waals surface area contributed by atoms with Gasteiger partial charge in [0.2, 0.25) is 0 Å². The summed E-state index contributed by atoms with van der Waals surface area (Å²) in [5.74, 6) is 0.344. The molecule has 1 heterocycles. The number of anilines is 1. The summed E-state index contributed by atoms with van der Waals surface area (Å²) >= 11 is 0. The summed E-state index contributed by atoms with van der Waals surface area (Å²) in [7, 11) is 0. The molecule has 15 heavy (non-hydrogen) atoms. The number of phenolic OH excluding ortho intramolecular Hbond substituents is 1. The SMILES string of the molecule is Cc1ccc(NC2CCCOC2)cc1O. The molecule has 2 rings (SSSR count). The topological polar surface area (TPSA) is 41.5 Å². The summed E-state index contributed by atoms with van der Waals surface area (Å²) in [6.07, 6.45) is 2.24. The average molecular weight is 207 g/mol. The fourth-order valence-electron chi connectivity index (χ4n) is 1.79. The fourth-order valence-corrected chi connectivity index (χ4v) is 1.79. The van der Waals surface area contributed by atoms with Gasteiger partial charge in [-0.15, -0.1) is 0 Å². The van der Waals surface area contributed by atoms with Crippen LogP contribution < -0.4 is 5.32 Å². The minimum atomic E-state index is 0.344. The summed E-state index contributed by atoms with van der Waals surface area (Å²) < 4.78 is 5.38. The molecule has 1 atom stereocenters. The van der Waals surface area contributed by atoms with Gasteiger partial charge in [0, 0.05) is 24.4 Å². The Morgan fingerprint density at radius 3 is 3.00 bits per heavy atom. The molecule has 82 valence electrons. The molecule has 0 radical (unpaired) electrons. The van der Waals surface area contributed by atoms with Crippen molar-refractivity contribution in [3.05, 3.63) is 23.8 Å². The molecule has 1 aromatic rings. The summed E-state index contributed by atoms with van der Waals surface area (Å²) in [4.78, 5) is 0. The average Bonchev–Trinajstić information content (AvgIpc) is 2.25. The third-order valence-electron chi connectivity index (χ3n) is 2.74. The number of aryl methyl sites for hydroxylation is 1. The van der Waals surface area contributed by atoms with Crippen molar-refractivity contribution < 1.29 is 9.84 Å². The second-order valence-electron chi connectivity index (χ2n) is 4.06. The van der Waals surface area contributed by atoms with E-state index in [1.54, 1.807) is 6.07 Å². The van der Waals surface area contributed by atoms with Crippen molar-refractivity contribution in [1.82, 2.24) is 0 Å². The van der Waals surface area contributed by atoms with E-state index in [1.165, 1.54) is 0 Å². The predicted molar refractivity (Wildman–Crippen MR) is 60.3 cm³/mol. The Bertz CT molecular complexity index is 332. The molecule has 0 aromatic heterocycles.